The molecule has 0 aromatic heterocycles. The molecule has 0 amide bonds. The van der Waals surface area contributed by atoms with Gasteiger partial charge in [0.15, 0.2) is 0 Å². The largest absolute Gasteiger partial charge is 0.313 e. The van der Waals surface area contributed by atoms with Gasteiger partial charge in [-0.3, -0.25) is 0 Å². The van der Waals surface area contributed by atoms with E-state index in [0.29, 0.717) is 6.04 Å². The highest BCUT2D eigenvalue weighted by molar-refractivity contribution is 5.16. The highest BCUT2D eigenvalue weighted by atomic mass is 19.1. The van der Waals surface area contributed by atoms with Gasteiger partial charge >= 0.3 is 0 Å². The predicted molar refractivity (Wildman–Crippen MR) is 73.2 cm³/mol. The van der Waals surface area contributed by atoms with E-state index in [9.17, 15) is 4.39 Å². The summed E-state index contributed by atoms with van der Waals surface area (Å²) in [7, 11) is 0. The maximum absolute atomic E-state index is 13.1. The normalized spacial score (nSPS) is 21.8. The molecular formula is C15H23FN2. The number of hydrogen-bond donors (Lipinski definition) is 1. The minimum atomic E-state index is -0.129. The Labute approximate surface area is 109 Å². The molecule has 1 unspecified atom stereocenters. The molecule has 2 nitrogen and oxygen atoms in total. The van der Waals surface area contributed by atoms with Crippen molar-refractivity contribution >= 4 is 0 Å². The molecule has 0 radical (unpaired) electrons. The third kappa shape index (κ3) is 4.07. The van der Waals surface area contributed by atoms with E-state index in [1.54, 1.807) is 12.1 Å². The van der Waals surface area contributed by atoms with Crippen molar-refractivity contribution in [2.75, 3.05) is 26.2 Å². The molecule has 1 atom stereocenters. The average molecular weight is 250 g/mol. The summed E-state index contributed by atoms with van der Waals surface area (Å²) in [5.41, 5.74) is 1.10. The van der Waals surface area contributed by atoms with Gasteiger partial charge < -0.3 is 10.2 Å². The highest BCUT2D eigenvalue weighted by Crippen LogP contribution is 2.08. The van der Waals surface area contributed by atoms with E-state index in [0.717, 1.165) is 38.2 Å². The van der Waals surface area contributed by atoms with Crippen molar-refractivity contribution in [2.45, 2.75) is 32.2 Å². The van der Waals surface area contributed by atoms with E-state index in [-0.39, 0.29) is 5.82 Å². The first-order valence-electron chi connectivity index (χ1n) is 6.98. The Bertz CT molecular complexity index is 367. The lowest BCUT2D eigenvalue weighted by Gasteiger charge is -2.19. The molecule has 3 heteroatoms. The van der Waals surface area contributed by atoms with Crippen LogP contribution in [0.15, 0.2) is 24.3 Å². The first-order chi connectivity index (χ1) is 8.78. The quantitative estimate of drug-likeness (QED) is 0.883. The number of nitrogens with zero attached hydrogens (tertiary/aromatic N) is 1. The SMILES string of the molecule is CCC1CCN(CCc2cccc(F)c2)CCN1. The third-order valence-electron chi connectivity index (χ3n) is 3.75. The van der Waals surface area contributed by atoms with Crippen molar-refractivity contribution in [3.05, 3.63) is 35.6 Å². The fourth-order valence-electron chi connectivity index (χ4n) is 2.53. The number of rotatable bonds is 4. The molecule has 1 heterocycles. The molecule has 1 N–H and O–H groups in total. The minimum Gasteiger partial charge on any atom is -0.313 e. The number of nitrogens with one attached hydrogen (secondary N) is 1. The maximum atomic E-state index is 13.1. The van der Waals surface area contributed by atoms with Crippen LogP contribution in [0.1, 0.15) is 25.3 Å². The molecule has 0 saturated carbocycles. The molecule has 1 aliphatic heterocycles. The summed E-state index contributed by atoms with van der Waals surface area (Å²) in [6, 6.07) is 7.62. The van der Waals surface area contributed by atoms with Crippen LogP contribution in [0, 0.1) is 5.82 Å². The zero-order valence-electron chi connectivity index (χ0n) is 11.2. The third-order valence-corrected chi connectivity index (χ3v) is 3.75. The standard InChI is InChI=1S/C15H23FN2/c1-2-15-7-10-18(11-8-17-15)9-6-13-4-3-5-14(16)12-13/h3-5,12,15,17H,2,6-11H2,1H3. The first kappa shape index (κ1) is 13.5. The highest BCUT2D eigenvalue weighted by Gasteiger charge is 2.14. The van der Waals surface area contributed by atoms with Crippen molar-refractivity contribution in [2.24, 2.45) is 0 Å². The molecule has 18 heavy (non-hydrogen) atoms. The van der Waals surface area contributed by atoms with Gasteiger partial charge in [0, 0.05) is 25.7 Å². The van der Waals surface area contributed by atoms with E-state index >= 15 is 0 Å². The van der Waals surface area contributed by atoms with E-state index < -0.39 is 0 Å². The van der Waals surface area contributed by atoms with Crippen LogP contribution in [0.5, 0.6) is 0 Å². The van der Waals surface area contributed by atoms with Gasteiger partial charge in [-0.15, -0.1) is 0 Å². The summed E-state index contributed by atoms with van der Waals surface area (Å²) in [5.74, 6) is -0.129. The van der Waals surface area contributed by atoms with Crippen LogP contribution in [0.3, 0.4) is 0 Å². The monoisotopic (exact) mass is 250 g/mol. The van der Waals surface area contributed by atoms with Gasteiger partial charge in [-0.25, -0.2) is 4.39 Å². The molecular weight excluding hydrogens is 227 g/mol. The molecule has 1 aromatic carbocycles. The second-order valence-electron chi connectivity index (χ2n) is 5.07. The Hall–Kier alpha value is -0.930. The molecule has 0 spiro atoms. The number of benzene rings is 1. The Morgan fingerprint density at radius 3 is 3.06 bits per heavy atom. The summed E-state index contributed by atoms with van der Waals surface area (Å²) >= 11 is 0. The first-order valence-corrected chi connectivity index (χ1v) is 6.98. The second kappa shape index (κ2) is 6.86. The summed E-state index contributed by atoms with van der Waals surface area (Å²) < 4.78 is 13.1. The molecule has 1 saturated heterocycles. The van der Waals surface area contributed by atoms with Crippen molar-refractivity contribution < 1.29 is 4.39 Å². The number of halogens is 1. The lowest BCUT2D eigenvalue weighted by atomic mass is 10.1. The average Bonchev–Trinajstić information content (AvgIpc) is 2.61. The fraction of sp³-hybridized carbons (Fsp3) is 0.600. The van der Waals surface area contributed by atoms with Gasteiger partial charge in [0.1, 0.15) is 5.82 Å². The van der Waals surface area contributed by atoms with Crippen LogP contribution in [0.4, 0.5) is 4.39 Å². The molecule has 1 aliphatic rings. The van der Waals surface area contributed by atoms with Gasteiger partial charge in [-0.2, -0.15) is 0 Å². The molecule has 0 aliphatic carbocycles. The Kier molecular flexibility index (Phi) is 5.14. The molecule has 100 valence electrons. The van der Waals surface area contributed by atoms with Gasteiger partial charge in [-0.1, -0.05) is 19.1 Å². The summed E-state index contributed by atoms with van der Waals surface area (Å²) in [4.78, 5) is 2.48. The second-order valence-corrected chi connectivity index (χ2v) is 5.07. The van der Waals surface area contributed by atoms with Crippen LogP contribution in [-0.4, -0.2) is 37.1 Å². The smallest absolute Gasteiger partial charge is 0.123 e. The van der Waals surface area contributed by atoms with Crippen LogP contribution < -0.4 is 5.32 Å². The summed E-state index contributed by atoms with van der Waals surface area (Å²) in [5, 5.41) is 3.57. The lowest BCUT2D eigenvalue weighted by molar-refractivity contribution is 0.293. The van der Waals surface area contributed by atoms with Crippen LogP contribution in [-0.2, 0) is 6.42 Å². The zero-order chi connectivity index (χ0) is 12.8. The molecule has 2 rings (SSSR count). The van der Waals surface area contributed by atoms with Crippen LogP contribution >= 0.6 is 0 Å². The fourth-order valence-corrected chi connectivity index (χ4v) is 2.53. The molecule has 0 bridgehead atoms. The van der Waals surface area contributed by atoms with Crippen molar-refractivity contribution in [1.82, 2.24) is 10.2 Å². The summed E-state index contributed by atoms with van der Waals surface area (Å²) in [6.07, 6.45) is 3.37. The Morgan fingerprint density at radius 2 is 2.28 bits per heavy atom. The lowest BCUT2D eigenvalue weighted by Crippen LogP contribution is -2.31. The van der Waals surface area contributed by atoms with Gasteiger partial charge in [-0.05, 0) is 43.5 Å². The molecule has 1 fully saturated rings. The minimum absolute atomic E-state index is 0.129. The molecule has 1 aromatic rings. The van der Waals surface area contributed by atoms with Gasteiger partial charge in [0.2, 0.25) is 0 Å². The van der Waals surface area contributed by atoms with Crippen molar-refractivity contribution in [3.63, 3.8) is 0 Å². The topological polar surface area (TPSA) is 15.3 Å². The van der Waals surface area contributed by atoms with Crippen LogP contribution in [0.2, 0.25) is 0 Å². The van der Waals surface area contributed by atoms with Gasteiger partial charge in [0.05, 0.1) is 0 Å². The van der Waals surface area contributed by atoms with E-state index in [2.05, 4.69) is 17.1 Å². The van der Waals surface area contributed by atoms with E-state index in [1.165, 1.54) is 18.9 Å². The number of hydrogen-bond acceptors (Lipinski definition) is 2. The zero-order valence-corrected chi connectivity index (χ0v) is 11.2. The maximum Gasteiger partial charge on any atom is 0.123 e. The summed E-state index contributed by atoms with van der Waals surface area (Å²) in [6.45, 7) is 6.59. The Morgan fingerprint density at radius 1 is 1.39 bits per heavy atom. The van der Waals surface area contributed by atoms with Crippen molar-refractivity contribution in [3.8, 4) is 0 Å². The Balaban J connectivity index is 1.79. The van der Waals surface area contributed by atoms with E-state index in [1.807, 2.05) is 6.07 Å². The van der Waals surface area contributed by atoms with Crippen molar-refractivity contribution in [1.29, 1.82) is 0 Å². The predicted octanol–water partition coefficient (Wildman–Crippen LogP) is 2.44. The van der Waals surface area contributed by atoms with E-state index in [4.69, 9.17) is 0 Å². The van der Waals surface area contributed by atoms with Crippen LogP contribution in [0.25, 0.3) is 0 Å². The van der Waals surface area contributed by atoms with Gasteiger partial charge in [0.25, 0.3) is 0 Å².